The van der Waals surface area contributed by atoms with E-state index in [0.717, 1.165) is 23.5 Å². The minimum atomic E-state index is 0.192. The molecule has 0 radical (unpaired) electrons. The number of aliphatic hydroxyl groups is 1. The summed E-state index contributed by atoms with van der Waals surface area (Å²) in [5.41, 5.74) is 2.34. The predicted octanol–water partition coefficient (Wildman–Crippen LogP) is 2.52. The molecule has 0 spiro atoms. The van der Waals surface area contributed by atoms with Gasteiger partial charge in [-0.2, -0.15) is 0 Å². The van der Waals surface area contributed by atoms with Crippen molar-refractivity contribution in [2.45, 2.75) is 52.8 Å². The van der Waals surface area contributed by atoms with E-state index in [-0.39, 0.29) is 24.7 Å². The van der Waals surface area contributed by atoms with Crippen LogP contribution in [0, 0.1) is 5.92 Å². The van der Waals surface area contributed by atoms with Crippen LogP contribution >= 0.6 is 0 Å². The quantitative estimate of drug-likeness (QED) is 0.811. The predicted molar refractivity (Wildman–Crippen MR) is 84.0 cm³/mol. The molecule has 2 N–H and O–H groups in total. The van der Waals surface area contributed by atoms with Gasteiger partial charge in [-0.1, -0.05) is 6.92 Å². The molecule has 1 aromatic rings. The molecule has 0 saturated carbocycles. The van der Waals surface area contributed by atoms with Gasteiger partial charge >= 0.3 is 0 Å². The largest absolute Gasteiger partial charge is 0.494 e. The van der Waals surface area contributed by atoms with Crippen LogP contribution in [0.2, 0.25) is 0 Å². The third-order valence-corrected chi connectivity index (χ3v) is 4.14. The summed E-state index contributed by atoms with van der Waals surface area (Å²) in [5, 5.41) is 12.7. The van der Waals surface area contributed by atoms with E-state index in [4.69, 9.17) is 9.47 Å². The lowest BCUT2D eigenvalue weighted by Gasteiger charge is -2.20. The zero-order valence-electron chi connectivity index (χ0n) is 13.5. The van der Waals surface area contributed by atoms with Gasteiger partial charge in [0.15, 0.2) is 0 Å². The fourth-order valence-corrected chi connectivity index (χ4v) is 2.54. The smallest absolute Gasteiger partial charge is 0.124 e. The van der Waals surface area contributed by atoms with E-state index in [1.807, 2.05) is 13.8 Å². The Morgan fingerprint density at radius 3 is 2.86 bits per heavy atom. The fraction of sp³-hybridized carbons (Fsp3) is 0.647. The van der Waals surface area contributed by atoms with Gasteiger partial charge in [0, 0.05) is 36.7 Å². The van der Waals surface area contributed by atoms with Crippen LogP contribution in [0.5, 0.6) is 11.5 Å². The van der Waals surface area contributed by atoms with E-state index in [0.29, 0.717) is 13.2 Å². The van der Waals surface area contributed by atoms with Gasteiger partial charge in [-0.15, -0.1) is 0 Å². The van der Waals surface area contributed by atoms with Crippen LogP contribution in [0.15, 0.2) is 12.1 Å². The Morgan fingerprint density at radius 2 is 2.19 bits per heavy atom. The van der Waals surface area contributed by atoms with Crippen LogP contribution in [-0.2, 0) is 13.0 Å². The molecule has 118 valence electrons. The second-order valence-corrected chi connectivity index (χ2v) is 5.96. The average molecular weight is 293 g/mol. The van der Waals surface area contributed by atoms with Gasteiger partial charge in [-0.3, -0.25) is 0 Å². The zero-order valence-corrected chi connectivity index (χ0v) is 13.5. The zero-order chi connectivity index (χ0) is 15.4. The minimum Gasteiger partial charge on any atom is -0.494 e. The fourth-order valence-electron chi connectivity index (χ4n) is 2.54. The van der Waals surface area contributed by atoms with E-state index in [1.54, 1.807) is 0 Å². The van der Waals surface area contributed by atoms with Crippen LogP contribution in [0.25, 0.3) is 0 Å². The molecule has 1 heterocycles. The Hall–Kier alpha value is -1.26. The number of benzene rings is 1. The van der Waals surface area contributed by atoms with Gasteiger partial charge in [-0.05, 0) is 38.8 Å². The van der Waals surface area contributed by atoms with Crippen LogP contribution in [0.4, 0.5) is 0 Å². The average Bonchev–Trinajstić information content (AvgIpc) is 2.82. The van der Waals surface area contributed by atoms with E-state index in [9.17, 15) is 5.11 Å². The second kappa shape index (κ2) is 7.14. The number of hydrogen-bond acceptors (Lipinski definition) is 4. The van der Waals surface area contributed by atoms with Crippen molar-refractivity contribution in [2.75, 3.05) is 13.2 Å². The lowest BCUT2D eigenvalue weighted by Crippen LogP contribution is -2.33. The monoisotopic (exact) mass is 293 g/mol. The molecule has 0 fully saturated rings. The van der Waals surface area contributed by atoms with Crippen molar-refractivity contribution < 1.29 is 14.6 Å². The third kappa shape index (κ3) is 3.89. The van der Waals surface area contributed by atoms with Crippen molar-refractivity contribution >= 4 is 0 Å². The standard InChI is InChI=1S/C17H27NO3/c1-5-20-16-7-14-6-12(3)21-17(14)8-15(16)9-18-13(4)11(2)10-19/h7-8,11-13,18-19H,5-6,9-10H2,1-4H3. The maximum Gasteiger partial charge on any atom is 0.124 e. The number of ether oxygens (including phenoxy) is 2. The summed E-state index contributed by atoms with van der Waals surface area (Å²) in [7, 11) is 0. The van der Waals surface area contributed by atoms with Crippen LogP contribution in [0.3, 0.4) is 0 Å². The van der Waals surface area contributed by atoms with Crippen LogP contribution in [-0.4, -0.2) is 30.5 Å². The first-order chi connectivity index (χ1) is 10.0. The Kier molecular flexibility index (Phi) is 5.48. The number of fused-ring (bicyclic) bond motifs is 1. The summed E-state index contributed by atoms with van der Waals surface area (Å²) >= 11 is 0. The van der Waals surface area contributed by atoms with Crippen molar-refractivity contribution in [3.05, 3.63) is 23.3 Å². The first kappa shape index (κ1) is 16.1. The number of nitrogens with one attached hydrogen (secondary N) is 1. The number of rotatable bonds is 7. The van der Waals surface area contributed by atoms with Gasteiger partial charge in [0.05, 0.1) is 6.61 Å². The number of aliphatic hydroxyl groups excluding tert-OH is 1. The summed E-state index contributed by atoms with van der Waals surface area (Å²) < 4.78 is 11.6. The highest BCUT2D eigenvalue weighted by Gasteiger charge is 2.22. The second-order valence-electron chi connectivity index (χ2n) is 5.96. The van der Waals surface area contributed by atoms with Gasteiger partial charge in [-0.25, -0.2) is 0 Å². The lowest BCUT2D eigenvalue weighted by molar-refractivity contribution is 0.206. The van der Waals surface area contributed by atoms with Crippen molar-refractivity contribution in [1.29, 1.82) is 0 Å². The molecule has 0 bridgehead atoms. The molecule has 4 heteroatoms. The van der Waals surface area contributed by atoms with Crippen molar-refractivity contribution in [3.63, 3.8) is 0 Å². The molecule has 0 saturated heterocycles. The topological polar surface area (TPSA) is 50.7 Å². The molecular formula is C17H27NO3. The minimum absolute atomic E-state index is 0.192. The van der Waals surface area contributed by atoms with E-state index < -0.39 is 0 Å². The molecule has 0 amide bonds. The summed E-state index contributed by atoms with van der Waals surface area (Å²) in [6.45, 7) is 9.78. The van der Waals surface area contributed by atoms with Gasteiger partial charge in [0.1, 0.15) is 17.6 Å². The first-order valence-corrected chi connectivity index (χ1v) is 7.84. The lowest BCUT2D eigenvalue weighted by atomic mass is 10.0. The summed E-state index contributed by atoms with van der Waals surface area (Å²) in [6, 6.07) is 4.45. The van der Waals surface area contributed by atoms with Crippen LogP contribution in [0.1, 0.15) is 38.8 Å². The highest BCUT2D eigenvalue weighted by atomic mass is 16.5. The Labute approximate surface area is 127 Å². The Morgan fingerprint density at radius 1 is 1.43 bits per heavy atom. The van der Waals surface area contributed by atoms with E-state index in [2.05, 4.69) is 31.3 Å². The first-order valence-electron chi connectivity index (χ1n) is 7.84. The van der Waals surface area contributed by atoms with Gasteiger partial charge in [0.25, 0.3) is 0 Å². The Bertz CT molecular complexity index is 475. The molecular weight excluding hydrogens is 266 g/mol. The SMILES string of the molecule is CCOc1cc2c(cc1CNC(C)C(C)CO)OC(C)C2. The number of hydrogen-bond donors (Lipinski definition) is 2. The Balaban J connectivity index is 2.12. The summed E-state index contributed by atoms with van der Waals surface area (Å²) in [6.07, 6.45) is 1.19. The van der Waals surface area contributed by atoms with Crippen LogP contribution < -0.4 is 14.8 Å². The maximum atomic E-state index is 9.21. The molecule has 0 aromatic heterocycles. The summed E-state index contributed by atoms with van der Waals surface area (Å²) in [5.74, 6) is 2.14. The van der Waals surface area contributed by atoms with Crippen molar-refractivity contribution in [1.82, 2.24) is 5.32 Å². The summed E-state index contributed by atoms with van der Waals surface area (Å²) in [4.78, 5) is 0. The highest BCUT2D eigenvalue weighted by molar-refractivity contribution is 5.48. The molecule has 4 nitrogen and oxygen atoms in total. The van der Waals surface area contributed by atoms with E-state index >= 15 is 0 Å². The van der Waals surface area contributed by atoms with E-state index in [1.165, 1.54) is 5.56 Å². The molecule has 0 aliphatic carbocycles. The van der Waals surface area contributed by atoms with Crippen molar-refractivity contribution in [3.8, 4) is 11.5 Å². The molecule has 21 heavy (non-hydrogen) atoms. The van der Waals surface area contributed by atoms with Gasteiger partial charge in [0.2, 0.25) is 0 Å². The van der Waals surface area contributed by atoms with Gasteiger partial charge < -0.3 is 19.9 Å². The normalized spacial score (nSPS) is 19.8. The molecule has 1 aliphatic heterocycles. The molecule has 1 aliphatic rings. The molecule has 2 rings (SSSR count). The molecule has 3 unspecified atom stereocenters. The van der Waals surface area contributed by atoms with Crippen molar-refractivity contribution in [2.24, 2.45) is 5.92 Å². The third-order valence-electron chi connectivity index (χ3n) is 4.14. The highest BCUT2D eigenvalue weighted by Crippen LogP contribution is 2.35. The maximum absolute atomic E-state index is 9.21. The molecule has 1 aromatic carbocycles. The molecule has 3 atom stereocenters.